The highest BCUT2D eigenvalue weighted by Gasteiger charge is 2.79. The monoisotopic (exact) mass is 469 g/mol. The summed E-state index contributed by atoms with van der Waals surface area (Å²) in [5.74, 6) is 0.150. The molecule has 6 nitrogen and oxygen atoms in total. The number of alkyl halides is 3. The number of aromatic nitrogens is 5. The van der Waals surface area contributed by atoms with Crippen LogP contribution in [0.25, 0.3) is 11.0 Å². The van der Waals surface area contributed by atoms with Gasteiger partial charge in [-0.15, -0.1) is 0 Å². The first kappa shape index (κ1) is 20.8. The molecule has 0 amide bonds. The number of pyridine rings is 1. The molecule has 5 aliphatic rings. The van der Waals surface area contributed by atoms with Crippen LogP contribution in [-0.2, 0) is 10.2 Å². The molecule has 0 spiro atoms. The topological polar surface area (TPSA) is 65.7 Å². The first-order valence-electron chi connectivity index (χ1n) is 12.1. The summed E-state index contributed by atoms with van der Waals surface area (Å²) in [6.45, 7) is 2.49. The Hall–Kier alpha value is -2.55. The lowest BCUT2D eigenvalue weighted by molar-refractivity contribution is -0.337. The number of halogens is 3. The first-order valence-corrected chi connectivity index (χ1v) is 12.1. The van der Waals surface area contributed by atoms with E-state index in [1.54, 1.807) is 6.20 Å². The smallest absolute Gasteiger partial charge is 0.373 e. The van der Waals surface area contributed by atoms with Gasteiger partial charge >= 0.3 is 6.18 Å². The number of fused-ring (bicyclic) bond motifs is 1. The Kier molecular flexibility index (Phi) is 4.14. The third-order valence-corrected chi connectivity index (χ3v) is 8.42. The lowest BCUT2D eigenvalue weighted by Gasteiger charge is -2.70. The molecule has 0 N–H and O–H groups in total. The van der Waals surface area contributed by atoms with Crippen molar-refractivity contribution in [2.45, 2.75) is 81.5 Å². The van der Waals surface area contributed by atoms with Crippen molar-refractivity contribution in [2.75, 3.05) is 6.61 Å². The molecule has 5 fully saturated rings. The highest BCUT2D eigenvalue weighted by Crippen LogP contribution is 2.78. The Labute approximate surface area is 194 Å². The number of rotatable bonds is 4. The minimum Gasteiger partial charge on any atom is -0.373 e. The van der Waals surface area contributed by atoms with Crippen molar-refractivity contribution in [3.63, 3.8) is 0 Å². The zero-order chi connectivity index (χ0) is 23.3. The lowest BCUT2D eigenvalue weighted by atomic mass is 9.34. The van der Waals surface area contributed by atoms with E-state index in [4.69, 9.17) is 9.72 Å². The van der Waals surface area contributed by atoms with Crippen molar-refractivity contribution in [3.8, 4) is 0 Å². The molecule has 2 unspecified atom stereocenters. The van der Waals surface area contributed by atoms with E-state index in [1.165, 1.54) is 12.8 Å². The fraction of sp³-hybridized carbons (Fsp3) is 0.600. The van der Waals surface area contributed by atoms with E-state index in [2.05, 4.69) is 21.3 Å². The van der Waals surface area contributed by atoms with E-state index in [1.807, 2.05) is 23.9 Å². The van der Waals surface area contributed by atoms with E-state index < -0.39 is 17.0 Å². The maximum Gasteiger partial charge on any atom is 0.394 e. The molecule has 1 saturated heterocycles. The quantitative estimate of drug-likeness (QED) is 0.506. The predicted octanol–water partition coefficient (Wildman–Crippen LogP) is 5.48. The van der Waals surface area contributed by atoms with Crippen LogP contribution < -0.4 is 0 Å². The zero-order valence-electron chi connectivity index (χ0n) is 19.0. The van der Waals surface area contributed by atoms with Crippen LogP contribution in [0.2, 0.25) is 0 Å². The van der Waals surface area contributed by atoms with E-state index in [0.717, 1.165) is 35.3 Å². The molecule has 8 rings (SSSR count). The van der Waals surface area contributed by atoms with Gasteiger partial charge in [0.25, 0.3) is 0 Å². The molecule has 2 bridgehead atoms. The predicted molar refractivity (Wildman–Crippen MR) is 117 cm³/mol. The van der Waals surface area contributed by atoms with Crippen molar-refractivity contribution >= 4 is 11.0 Å². The van der Waals surface area contributed by atoms with E-state index in [0.29, 0.717) is 23.9 Å². The van der Waals surface area contributed by atoms with Gasteiger partial charge in [-0.2, -0.15) is 18.3 Å². The van der Waals surface area contributed by atoms with Gasteiger partial charge in [0.15, 0.2) is 0 Å². The Morgan fingerprint density at radius 2 is 1.88 bits per heavy atom. The number of ether oxygens (including phenoxy) is 1. The Morgan fingerprint density at radius 3 is 2.62 bits per heavy atom. The summed E-state index contributed by atoms with van der Waals surface area (Å²) in [5.41, 5.74) is 2.82. The van der Waals surface area contributed by atoms with Gasteiger partial charge in [0.2, 0.25) is 0 Å². The molecule has 34 heavy (non-hydrogen) atoms. The van der Waals surface area contributed by atoms with Gasteiger partial charge in [0, 0.05) is 41.6 Å². The van der Waals surface area contributed by atoms with Gasteiger partial charge in [-0.3, -0.25) is 14.6 Å². The normalized spacial score (nSPS) is 32.9. The molecule has 1 aliphatic heterocycles. The van der Waals surface area contributed by atoms with Gasteiger partial charge in [-0.1, -0.05) is 0 Å². The fourth-order valence-corrected chi connectivity index (χ4v) is 6.41. The Morgan fingerprint density at radius 1 is 1.09 bits per heavy atom. The standard InChI is InChI=1S/C25H26F3N5O/c1-14-8-29-21-19(31-14)7-18(32-22(21)23-11-24(12-23,13-23)25(26,27)28)15-4-5-34-20(6-15)16-9-30-33(10-16)17-2-3-17/h7-10,15,17,20H,2-6,11-13H2,1H3. The molecule has 2 atom stereocenters. The average molecular weight is 470 g/mol. The van der Waals surface area contributed by atoms with Crippen LogP contribution in [0.3, 0.4) is 0 Å². The van der Waals surface area contributed by atoms with Gasteiger partial charge in [-0.25, -0.2) is 4.98 Å². The summed E-state index contributed by atoms with van der Waals surface area (Å²) in [6.07, 6.45) is 5.76. The number of hydrogen-bond donors (Lipinski definition) is 0. The largest absolute Gasteiger partial charge is 0.394 e. The second-order valence-electron chi connectivity index (χ2n) is 10.9. The highest BCUT2D eigenvalue weighted by atomic mass is 19.4. The molecule has 4 aliphatic carbocycles. The second kappa shape index (κ2) is 6.77. The molecular formula is C25H26F3N5O. The first-order chi connectivity index (χ1) is 16.3. The minimum atomic E-state index is -4.15. The molecule has 4 saturated carbocycles. The number of hydrogen-bond acceptors (Lipinski definition) is 5. The summed E-state index contributed by atoms with van der Waals surface area (Å²) in [4.78, 5) is 14.3. The third kappa shape index (κ3) is 2.98. The molecule has 9 heteroatoms. The van der Waals surface area contributed by atoms with Crippen molar-refractivity contribution in [2.24, 2.45) is 5.41 Å². The lowest BCUT2D eigenvalue weighted by Crippen LogP contribution is -2.70. The van der Waals surface area contributed by atoms with E-state index >= 15 is 0 Å². The second-order valence-corrected chi connectivity index (χ2v) is 10.9. The van der Waals surface area contributed by atoms with Crippen LogP contribution >= 0.6 is 0 Å². The van der Waals surface area contributed by atoms with E-state index in [9.17, 15) is 13.2 Å². The van der Waals surface area contributed by atoms with Crippen molar-refractivity contribution in [1.82, 2.24) is 24.7 Å². The molecule has 0 aromatic carbocycles. The Balaban J connectivity index is 1.22. The minimum absolute atomic E-state index is 0.0563. The van der Waals surface area contributed by atoms with Crippen LogP contribution in [0.1, 0.15) is 85.7 Å². The summed E-state index contributed by atoms with van der Waals surface area (Å²) in [5, 5.41) is 4.51. The van der Waals surface area contributed by atoms with Crippen LogP contribution in [0.5, 0.6) is 0 Å². The SMILES string of the molecule is Cc1cnc2c(C34CC(C(F)(F)F)(C3)C4)nc(C3CCOC(c4cnn(C5CC5)c4)C3)cc2n1. The number of aryl methyl sites for hydroxylation is 1. The van der Waals surface area contributed by atoms with Crippen molar-refractivity contribution in [3.05, 3.63) is 47.3 Å². The summed E-state index contributed by atoms with van der Waals surface area (Å²) < 4.78 is 48.7. The van der Waals surface area contributed by atoms with E-state index in [-0.39, 0.29) is 31.3 Å². The van der Waals surface area contributed by atoms with Crippen molar-refractivity contribution in [1.29, 1.82) is 0 Å². The van der Waals surface area contributed by atoms with Crippen LogP contribution in [0.4, 0.5) is 13.2 Å². The summed E-state index contributed by atoms with van der Waals surface area (Å²) in [7, 11) is 0. The maximum atomic E-state index is 13.5. The van der Waals surface area contributed by atoms with Crippen LogP contribution in [0, 0.1) is 12.3 Å². The fourth-order valence-electron chi connectivity index (χ4n) is 6.41. The van der Waals surface area contributed by atoms with Gasteiger partial charge in [0.1, 0.15) is 5.52 Å². The maximum absolute atomic E-state index is 13.5. The summed E-state index contributed by atoms with van der Waals surface area (Å²) >= 11 is 0. The van der Waals surface area contributed by atoms with Gasteiger partial charge in [-0.05, 0) is 57.9 Å². The molecule has 178 valence electrons. The zero-order valence-corrected chi connectivity index (χ0v) is 19.0. The van der Waals surface area contributed by atoms with Gasteiger partial charge < -0.3 is 4.74 Å². The van der Waals surface area contributed by atoms with Crippen LogP contribution in [-0.4, -0.2) is 37.5 Å². The highest BCUT2D eigenvalue weighted by molar-refractivity contribution is 5.79. The molecule has 0 radical (unpaired) electrons. The number of nitrogens with zero attached hydrogens (tertiary/aromatic N) is 5. The van der Waals surface area contributed by atoms with Gasteiger partial charge in [0.05, 0.1) is 40.7 Å². The molecule has 4 heterocycles. The third-order valence-electron chi connectivity index (χ3n) is 8.42. The van der Waals surface area contributed by atoms with Crippen LogP contribution in [0.15, 0.2) is 24.7 Å². The average Bonchev–Trinajstić information content (AvgIpc) is 3.47. The molecule has 3 aromatic heterocycles. The summed E-state index contributed by atoms with van der Waals surface area (Å²) in [6, 6.07) is 2.51. The molecule has 3 aromatic rings. The molecular weight excluding hydrogens is 443 g/mol. The Bertz CT molecular complexity index is 1280. The van der Waals surface area contributed by atoms with Crippen molar-refractivity contribution < 1.29 is 17.9 Å².